The lowest BCUT2D eigenvalue weighted by Gasteiger charge is -2.27. The van der Waals surface area contributed by atoms with Gasteiger partial charge in [-0.25, -0.2) is 0 Å². The van der Waals surface area contributed by atoms with Crippen molar-refractivity contribution in [3.05, 3.63) is 53.1 Å². The zero-order chi connectivity index (χ0) is 32.0. The largest absolute Gasteiger partial charge is 0.507 e. The molecule has 0 saturated heterocycles. The average molecular weight is 594 g/mol. The van der Waals surface area contributed by atoms with Crippen molar-refractivity contribution in [2.24, 2.45) is 5.92 Å². The second-order valence-corrected chi connectivity index (χ2v) is 10.6. The number of hydrogen-bond acceptors (Lipinski definition) is 9. The van der Waals surface area contributed by atoms with Gasteiger partial charge in [-0.2, -0.15) is 0 Å². The predicted molar refractivity (Wildman–Crippen MR) is 156 cm³/mol. The van der Waals surface area contributed by atoms with Gasteiger partial charge in [-0.05, 0) is 63.1 Å². The van der Waals surface area contributed by atoms with Crippen LogP contribution in [0.5, 0.6) is 5.75 Å². The topological polar surface area (TPSA) is 167 Å². The monoisotopic (exact) mass is 593 g/mol. The number of ketones is 2. The third-order valence-corrected chi connectivity index (χ3v) is 6.97. The third kappa shape index (κ3) is 7.91. The number of aromatic hydroxyl groups is 1. The van der Waals surface area contributed by atoms with E-state index in [1.807, 2.05) is 0 Å². The van der Waals surface area contributed by atoms with Crippen LogP contribution in [0, 0.1) is 19.8 Å². The Morgan fingerprint density at radius 3 is 2.21 bits per heavy atom. The number of anilines is 2. The summed E-state index contributed by atoms with van der Waals surface area (Å²) >= 11 is 0. The number of benzene rings is 2. The number of Topliss-reactive ketones (excluding diaryl/α,β-unsaturated/α-hetero) is 2. The fraction of sp³-hybridized carbons (Fsp3) is 0.387. The molecule has 43 heavy (non-hydrogen) atoms. The Kier molecular flexibility index (Phi) is 10.5. The molecule has 1 aliphatic rings. The summed E-state index contributed by atoms with van der Waals surface area (Å²) < 4.78 is 5.10. The van der Waals surface area contributed by atoms with E-state index in [0.717, 1.165) is 11.8 Å². The van der Waals surface area contributed by atoms with E-state index in [0.29, 0.717) is 17.4 Å². The highest BCUT2D eigenvalue weighted by Gasteiger charge is 2.39. The van der Waals surface area contributed by atoms with E-state index in [4.69, 9.17) is 4.74 Å². The van der Waals surface area contributed by atoms with Crippen molar-refractivity contribution < 1.29 is 43.4 Å². The molecule has 2 N–H and O–H groups in total. The first-order chi connectivity index (χ1) is 20.2. The molecule has 12 nitrogen and oxygen atoms in total. The van der Waals surface area contributed by atoms with E-state index in [1.165, 1.54) is 36.9 Å². The van der Waals surface area contributed by atoms with Crippen molar-refractivity contribution >= 4 is 52.9 Å². The van der Waals surface area contributed by atoms with Gasteiger partial charge in [0.05, 0.1) is 24.5 Å². The van der Waals surface area contributed by atoms with E-state index in [-0.39, 0.29) is 47.9 Å². The second kappa shape index (κ2) is 13.9. The normalized spacial score (nSPS) is 15.9. The van der Waals surface area contributed by atoms with Gasteiger partial charge < -0.3 is 34.5 Å². The van der Waals surface area contributed by atoms with Crippen LogP contribution in [-0.2, 0) is 33.5 Å². The predicted octanol–water partition coefficient (Wildman–Crippen LogP) is 2.19. The first kappa shape index (κ1) is 32.6. The highest BCUT2D eigenvalue weighted by atomic mass is 16.5. The number of phenols is 1. The molecule has 2 aromatic rings. The molecule has 228 valence electrons. The van der Waals surface area contributed by atoms with Crippen LogP contribution < -0.4 is 15.1 Å². The molecule has 0 aliphatic carbocycles. The van der Waals surface area contributed by atoms with Crippen LogP contribution in [0.25, 0.3) is 0 Å². The summed E-state index contributed by atoms with van der Waals surface area (Å²) in [5, 5.41) is 12.8. The summed E-state index contributed by atoms with van der Waals surface area (Å²) in [5.41, 5.74) is 1.47. The SMILES string of the molecule is CC(=O)C[C@@H](C=O)CC(=O)CN1C(=O)[C@@H](NC(=O)c2cc(C)c(O)c(C)c2)CN(C(=O)[C@H](C)OC(C)=O)c2ccccc21. The molecule has 0 radical (unpaired) electrons. The van der Waals surface area contributed by atoms with Gasteiger partial charge >= 0.3 is 5.97 Å². The van der Waals surface area contributed by atoms with Crippen LogP contribution in [0.3, 0.4) is 0 Å². The van der Waals surface area contributed by atoms with Gasteiger partial charge in [0.1, 0.15) is 23.9 Å². The van der Waals surface area contributed by atoms with Gasteiger partial charge in [-0.3, -0.25) is 24.0 Å². The lowest BCUT2D eigenvalue weighted by Crippen LogP contribution is -2.54. The molecule has 0 spiro atoms. The molecular formula is C31H35N3O9. The molecule has 2 aromatic carbocycles. The number of carbonyl (C=O) groups is 7. The maximum Gasteiger partial charge on any atom is 0.303 e. The highest BCUT2D eigenvalue weighted by Crippen LogP contribution is 2.34. The molecule has 1 aliphatic heterocycles. The Labute approximate surface area is 249 Å². The molecule has 3 atom stereocenters. The minimum atomic E-state index is -1.35. The number of esters is 1. The van der Waals surface area contributed by atoms with Crippen LogP contribution in [0.1, 0.15) is 55.1 Å². The quantitative estimate of drug-likeness (QED) is 0.293. The van der Waals surface area contributed by atoms with Gasteiger partial charge in [0.2, 0.25) is 0 Å². The van der Waals surface area contributed by atoms with Crippen molar-refractivity contribution in [3.8, 4) is 5.75 Å². The molecule has 0 fully saturated rings. The molecule has 0 aromatic heterocycles. The molecule has 1 heterocycles. The Morgan fingerprint density at radius 1 is 1.05 bits per heavy atom. The fourth-order valence-corrected chi connectivity index (χ4v) is 4.98. The number of ether oxygens (including phenoxy) is 1. The number of para-hydroxylation sites is 2. The van der Waals surface area contributed by atoms with Crippen molar-refractivity contribution in [2.45, 2.75) is 59.6 Å². The van der Waals surface area contributed by atoms with Gasteiger partial charge in [-0.15, -0.1) is 0 Å². The number of nitrogens with one attached hydrogen (secondary N) is 1. The van der Waals surface area contributed by atoms with E-state index < -0.39 is 54.1 Å². The maximum atomic E-state index is 14.0. The van der Waals surface area contributed by atoms with E-state index in [2.05, 4.69) is 5.32 Å². The van der Waals surface area contributed by atoms with E-state index in [9.17, 15) is 38.7 Å². The summed E-state index contributed by atoms with van der Waals surface area (Å²) in [6, 6.07) is 7.86. The maximum absolute atomic E-state index is 14.0. The zero-order valence-electron chi connectivity index (χ0n) is 24.7. The summed E-state index contributed by atoms with van der Waals surface area (Å²) in [7, 11) is 0. The summed E-state index contributed by atoms with van der Waals surface area (Å²) in [6.45, 7) is 6.23. The number of aldehydes is 1. The van der Waals surface area contributed by atoms with Crippen LogP contribution in [0.15, 0.2) is 36.4 Å². The Morgan fingerprint density at radius 2 is 1.65 bits per heavy atom. The molecule has 0 unspecified atom stereocenters. The van der Waals surface area contributed by atoms with Crippen molar-refractivity contribution in [1.29, 1.82) is 0 Å². The van der Waals surface area contributed by atoms with Crippen LogP contribution >= 0.6 is 0 Å². The minimum Gasteiger partial charge on any atom is -0.507 e. The van der Waals surface area contributed by atoms with Gasteiger partial charge in [-0.1, -0.05) is 12.1 Å². The lowest BCUT2D eigenvalue weighted by atomic mass is 9.98. The number of amides is 3. The molecule has 3 rings (SSSR count). The molecular weight excluding hydrogens is 558 g/mol. The highest BCUT2D eigenvalue weighted by molar-refractivity contribution is 6.11. The van der Waals surface area contributed by atoms with E-state index >= 15 is 0 Å². The Balaban J connectivity index is 2.05. The van der Waals surface area contributed by atoms with Crippen LogP contribution in [0.2, 0.25) is 0 Å². The Hall–Kier alpha value is -4.87. The standard InChI is InChI=1S/C31H35N3O9/c1-17-10-23(11-18(2)28(17)39)29(40)32-25-15-34(30(41)20(4)43-21(5)37)27-9-7-6-8-26(27)33(31(25)42)14-24(38)13-22(16-35)12-19(3)36/h6-11,16,20,22,25,39H,12-15H2,1-5H3,(H,32,40)/t20-,22+,25-/m0/s1. The first-order valence-corrected chi connectivity index (χ1v) is 13.7. The lowest BCUT2D eigenvalue weighted by molar-refractivity contribution is -0.151. The molecule has 12 heteroatoms. The summed E-state index contributed by atoms with van der Waals surface area (Å²) in [5.74, 6) is -4.33. The number of phenolic OH excluding ortho intramolecular Hbond substituents is 1. The van der Waals surface area contributed by atoms with Crippen molar-refractivity contribution in [3.63, 3.8) is 0 Å². The smallest absolute Gasteiger partial charge is 0.303 e. The van der Waals surface area contributed by atoms with Crippen LogP contribution in [-0.4, -0.2) is 71.9 Å². The number of aryl methyl sites for hydroxylation is 2. The molecule has 0 bridgehead atoms. The number of rotatable bonds is 11. The second-order valence-electron chi connectivity index (χ2n) is 10.6. The summed E-state index contributed by atoms with van der Waals surface area (Å²) in [6.07, 6.45) is -1.11. The first-order valence-electron chi connectivity index (χ1n) is 13.7. The Bertz CT molecular complexity index is 1450. The fourth-order valence-electron chi connectivity index (χ4n) is 4.98. The van der Waals surface area contributed by atoms with Gasteiger partial charge in [0.15, 0.2) is 11.9 Å². The zero-order valence-corrected chi connectivity index (χ0v) is 24.7. The van der Waals surface area contributed by atoms with Gasteiger partial charge in [0.25, 0.3) is 17.7 Å². The van der Waals surface area contributed by atoms with Crippen LogP contribution in [0.4, 0.5) is 11.4 Å². The number of nitrogens with zero attached hydrogens (tertiary/aromatic N) is 2. The van der Waals surface area contributed by atoms with Crippen molar-refractivity contribution in [1.82, 2.24) is 5.32 Å². The summed E-state index contributed by atoms with van der Waals surface area (Å²) in [4.78, 5) is 91.0. The number of fused-ring (bicyclic) bond motifs is 1. The van der Waals surface area contributed by atoms with Crippen molar-refractivity contribution in [2.75, 3.05) is 22.9 Å². The number of hydrogen-bond donors (Lipinski definition) is 2. The molecule has 0 saturated carbocycles. The third-order valence-electron chi connectivity index (χ3n) is 6.97. The van der Waals surface area contributed by atoms with Gasteiger partial charge in [0, 0.05) is 31.2 Å². The number of carbonyl (C=O) groups excluding carboxylic acids is 7. The molecule has 3 amide bonds. The average Bonchev–Trinajstić information content (AvgIpc) is 3.04. The minimum absolute atomic E-state index is 0.0249. The van der Waals surface area contributed by atoms with E-state index in [1.54, 1.807) is 32.0 Å².